The van der Waals surface area contributed by atoms with Crippen molar-refractivity contribution in [2.75, 3.05) is 27.2 Å². The van der Waals surface area contributed by atoms with Gasteiger partial charge in [0.05, 0.1) is 17.0 Å². The number of likely N-dealkylation sites (N-methyl/N-ethyl adjacent to an activating group) is 1. The Balaban J connectivity index is 2.02. The van der Waals surface area contributed by atoms with Crippen molar-refractivity contribution >= 4 is 17.2 Å². The molecule has 1 aromatic heterocycles. The first-order valence-corrected chi connectivity index (χ1v) is 6.56. The van der Waals surface area contributed by atoms with E-state index in [1.54, 1.807) is 7.11 Å². The molecule has 1 fully saturated rings. The second-order valence-corrected chi connectivity index (χ2v) is 5.42. The van der Waals surface area contributed by atoms with Crippen molar-refractivity contribution in [3.05, 3.63) is 21.9 Å². The van der Waals surface area contributed by atoms with Crippen molar-refractivity contribution in [3.8, 4) is 0 Å². The van der Waals surface area contributed by atoms with Crippen LogP contribution < -0.4 is 5.32 Å². The second-order valence-electron chi connectivity index (χ2n) is 4.51. The monoisotopic (exact) mass is 254 g/mol. The van der Waals surface area contributed by atoms with Gasteiger partial charge in [0, 0.05) is 20.2 Å². The molecule has 0 unspecified atom stereocenters. The number of likely N-dealkylation sites (tertiary alicyclic amines) is 1. The molecule has 17 heavy (non-hydrogen) atoms. The van der Waals surface area contributed by atoms with Crippen molar-refractivity contribution in [3.63, 3.8) is 0 Å². The van der Waals surface area contributed by atoms with Crippen LogP contribution in [0.5, 0.6) is 0 Å². The predicted molar refractivity (Wildman–Crippen MR) is 68.6 cm³/mol. The molecule has 1 N–H and O–H groups in total. The van der Waals surface area contributed by atoms with E-state index in [9.17, 15) is 4.79 Å². The van der Waals surface area contributed by atoms with Crippen LogP contribution in [0, 0.1) is 6.92 Å². The summed E-state index contributed by atoms with van der Waals surface area (Å²) in [7, 11) is 3.73. The molecule has 1 aromatic rings. The molecule has 0 bridgehead atoms. The highest BCUT2D eigenvalue weighted by atomic mass is 32.1. The summed E-state index contributed by atoms with van der Waals surface area (Å²) in [4.78, 5) is 15.0. The summed E-state index contributed by atoms with van der Waals surface area (Å²) in [6.07, 6.45) is 0.0872. The SMILES string of the molecule is CO[C@H]1CN(C)C[C@@H]1NC(=O)c1sccc1C. The molecule has 0 saturated carbocycles. The van der Waals surface area contributed by atoms with Gasteiger partial charge in [0.2, 0.25) is 0 Å². The Morgan fingerprint density at radius 3 is 2.94 bits per heavy atom. The maximum absolute atomic E-state index is 12.1. The Morgan fingerprint density at radius 1 is 1.59 bits per heavy atom. The molecule has 1 amide bonds. The number of methoxy groups -OCH3 is 1. The van der Waals surface area contributed by atoms with Crippen molar-refractivity contribution in [1.82, 2.24) is 10.2 Å². The summed E-state index contributed by atoms with van der Waals surface area (Å²) >= 11 is 1.48. The van der Waals surface area contributed by atoms with Crippen LogP contribution in [-0.2, 0) is 4.74 Å². The number of ether oxygens (including phenoxy) is 1. The molecule has 4 nitrogen and oxygen atoms in total. The number of amides is 1. The van der Waals surface area contributed by atoms with Gasteiger partial charge in [0.15, 0.2) is 0 Å². The summed E-state index contributed by atoms with van der Waals surface area (Å²) in [5.74, 6) is 0.0138. The van der Waals surface area contributed by atoms with E-state index in [1.165, 1.54) is 11.3 Å². The molecule has 1 aliphatic rings. The average molecular weight is 254 g/mol. The number of carbonyl (C=O) groups is 1. The van der Waals surface area contributed by atoms with Crippen LogP contribution in [0.4, 0.5) is 0 Å². The van der Waals surface area contributed by atoms with Crippen LogP contribution in [0.15, 0.2) is 11.4 Å². The number of nitrogens with one attached hydrogen (secondary N) is 1. The molecule has 0 aromatic carbocycles. The molecule has 0 aliphatic carbocycles. The van der Waals surface area contributed by atoms with Gasteiger partial charge in [0.25, 0.3) is 5.91 Å². The van der Waals surface area contributed by atoms with E-state index >= 15 is 0 Å². The van der Waals surface area contributed by atoms with E-state index in [0.717, 1.165) is 23.5 Å². The third kappa shape index (κ3) is 2.68. The van der Waals surface area contributed by atoms with Gasteiger partial charge in [-0.15, -0.1) is 11.3 Å². The van der Waals surface area contributed by atoms with Gasteiger partial charge in [-0.05, 0) is 31.0 Å². The van der Waals surface area contributed by atoms with Crippen molar-refractivity contribution in [2.45, 2.75) is 19.1 Å². The molecule has 5 heteroatoms. The Labute approximate surface area is 106 Å². The Kier molecular flexibility index (Phi) is 3.81. The van der Waals surface area contributed by atoms with Crippen LogP contribution in [0.2, 0.25) is 0 Å². The topological polar surface area (TPSA) is 41.6 Å². The van der Waals surface area contributed by atoms with Crippen molar-refractivity contribution in [1.29, 1.82) is 0 Å². The smallest absolute Gasteiger partial charge is 0.261 e. The average Bonchev–Trinajstić information content (AvgIpc) is 2.84. The number of hydrogen-bond donors (Lipinski definition) is 1. The van der Waals surface area contributed by atoms with Gasteiger partial charge in [-0.3, -0.25) is 4.79 Å². The van der Waals surface area contributed by atoms with Gasteiger partial charge in [0.1, 0.15) is 0 Å². The standard InChI is InChI=1S/C12H18N2O2S/c1-8-4-5-17-11(8)12(15)13-9-6-14(2)7-10(9)16-3/h4-5,9-10H,6-7H2,1-3H3,(H,13,15)/t9-,10-/m0/s1. The van der Waals surface area contributed by atoms with Crippen molar-refractivity contribution < 1.29 is 9.53 Å². The first kappa shape index (κ1) is 12.5. The Bertz CT molecular complexity index is 405. The maximum atomic E-state index is 12.1. The summed E-state index contributed by atoms with van der Waals surface area (Å²) < 4.78 is 5.39. The van der Waals surface area contributed by atoms with Crippen LogP contribution in [-0.4, -0.2) is 50.2 Å². The highest BCUT2D eigenvalue weighted by Crippen LogP contribution is 2.17. The molecule has 1 saturated heterocycles. The largest absolute Gasteiger partial charge is 0.378 e. The minimum absolute atomic E-state index is 0.0138. The minimum Gasteiger partial charge on any atom is -0.378 e. The quantitative estimate of drug-likeness (QED) is 0.878. The zero-order valence-corrected chi connectivity index (χ0v) is 11.2. The predicted octanol–water partition coefficient (Wildman–Crippen LogP) is 1.12. The van der Waals surface area contributed by atoms with Gasteiger partial charge < -0.3 is 15.0 Å². The third-order valence-corrected chi connectivity index (χ3v) is 4.15. The van der Waals surface area contributed by atoms with E-state index in [4.69, 9.17) is 4.74 Å². The third-order valence-electron chi connectivity index (χ3n) is 3.14. The van der Waals surface area contributed by atoms with Crippen LogP contribution >= 0.6 is 11.3 Å². The van der Waals surface area contributed by atoms with Crippen LogP contribution in [0.25, 0.3) is 0 Å². The number of thiophene rings is 1. The number of rotatable bonds is 3. The number of nitrogens with zero attached hydrogens (tertiary/aromatic N) is 1. The lowest BCUT2D eigenvalue weighted by atomic mass is 10.2. The van der Waals surface area contributed by atoms with E-state index in [-0.39, 0.29) is 18.1 Å². The molecule has 2 rings (SSSR count). The van der Waals surface area contributed by atoms with E-state index < -0.39 is 0 Å². The first-order valence-electron chi connectivity index (χ1n) is 5.68. The fourth-order valence-electron chi connectivity index (χ4n) is 2.18. The molecule has 0 radical (unpaired) electrons. The Morgan fingerprint density at radius 2 is 2.35 bits per heavy atom. The van der Waals surface area contributed by atoms with Gasteiger partial charge >= 0.3 is 0 Å². The van der Waals surface area contributed by atoms with E-state index in [1.807, 2.05) is 25.4 Å². The fourth-order valence-corrected chi connectivity index (χ4v) is 3.01. The number of aryl methyl sites for hydroxylation is 1. The molecule has 1 aliphatic heterocycles. The lowest BCUT2D eigenvalue weighted by molar-refractivity contribution is 0.0768. The zero-order chi connectivity index (χ0) is 12.4. The second kappa shape index (κ2) is 5.16. The van der Waals surface area contributed by atoms with Gasteiger partial charge in [-0.2, -0.15) is 0 Å². The summed E-state index contributed by atoms with van der Waals surface area (Å²) in [5, 5.41) is 5.00. The van der Waals surface area contributed by atoms with Crippen LogP contribution in [0.3, 0.4) is 0 Å². The lowest BCUT2D eigenvalue weighted by Crippen LogP contribution is -2.43. The van der Waals surface area contributed by atoms with Crippen LogP contribution in [0.1, 0.15) is 15.2 Å². The normalized spacial score (nSPS) is 25.1. The molecule has 2 atom stereocenters. The minimum atomic E-state index is 0.0138. The fraction of sp³-hybridized carbons (Fsp3) is 0.583. The molecule has 2 heterocycles. The summed E-state index contributed by atoms with van der Waals surface area (Å²) in [6.45, 7) is 3.67. The Hall–Kier alpha value is -0.910. The highest BCUT2D eigenvalue weighted by Gasteiger charge is 2.32. The van der Waals surface area contributed by atoms with Gasteiger partial charge in [-0.25, -0.2) is 0 Å². The molecular weight excluding hydrogens is 236 g/mol. The van der Waals surface area contributed by atoms with Gasteiger partial charge in [-0.1, -0.05) is 0 Å². The number of carbonyl (C=O) groups excluding carboxylic acids is 1. The first-order chi connectivity index (χ1) is 8.11. The zero-order valence-electron chi connectivity index (χ0n) is 10.4. The summed E-state index contributed by atoms with van der Waals surface area (Å²) in [5.41, 5.74) is 1.04. The lowest BCUT2D eigenvalue weighted by Gasteiger charge is -2.18. The maximum Gasteiger partial charge on any atom is 0.261 e. The summed E-state index contributed by atoms with van der Waals surface area (Å²) in [6, 6.07) is 2.05. The van der Waals surface area contributed by atoms with E-state index in [2.05, 4.69) is 10.2 Å². The molecule has 94 valence electrons. The highest BCUT2D eigenvalue weighted by molar-refractivity contribution is 7.12. The molecule has 0 spiro atoms. The number of hydrogen-bond acceptors (Lipinski definition) is 4. The van der Waals surface area contributed by atoms with E-state index in [0.29, 0.717) is 0 Å². The molecular formula is C12H18N2O2S. The van der Waals surface area contributed by atoms with Crippen molar-refractivity contribution in [2.24, 2.45) is 0 Å².